The van der Waals surface area contributed by atoms with Crippen LogP contribution in [0, 0.1) is 5.41 Å². The van der Waals surface area contributed by atoms with Gasteiger partial charge in [0, 0.05) is 11.4 Å². The van der Waals surface area contributed by atoms with Crippen LogP contribution in [0.25, 0.3) is 0 Å². The van der Waals surface area contributed by atoms with Crippen LogP contribution in [0.5, 0.6) is 0 Å². The second-order valence-electron chi connectivity index (χ2n) is 6.23. The molecule has 0 atom stereocenters. The van der Waals surface area contributed by atoms with Crippen molar-refractivity contribution in [3.63, 3.8) is 0 Å². The first-order valence-electron chi connectivity index (χ1n) is 6.77. The first-order valence-corrected chi connectivity index (χ1v) is 7.15. The zero-order valence-corrected chi connectivity index (χ0v) is 12.4. The maximum atomic E-state index is 12.1. The van der Waals surface area contributed by atoms with Gasteiger partial charge in [0.25, 0.3) is 0 Å². The first kappa shape index (κ1) is 13.4. The van der Waals surface area contributed by atoms with E-state index in [2.05, 4.69) is 18.9 Å². The quantitative estimate of drug-likeness (QED) is 0.844. The molecule has 4 heteroatoms. The highest BCUT2D eigenvalue weighted by atomic mass is 35.5. The number of aromatic nitrogens is 2. The van der Waals surface area contributed by atoms with Gasteiger partial charge in [0.2, 0.25) is 0 Å². The fraction of sp³-hybridized carbons (Fsp3) is 0.375. The van der Waals surface area contributed by atoms with E-state index in [4.69, 9.17) is 11.6 Å². The van der Waals surface area contributed by atoms with E-state index >= 15 is 0 Å². The van der Waals surface area contributed by atoms with E-state index in [1.165, 1.54) is 0 Å². The molecule has 1 aromatic carbocycles. The number of ketones is 1. The predicted molar refractivity (Wildman–Crippen MR) is 79.2 cm³/mol. The third kappa shape index (κ3) is 2.50. The summed E-state index contributed by atoms with van der Waals surface area (Å²) in [6.45, 7) is 4.94. The number of Topliss-reactive ketones (excluding diaryl/α,β-unsaturated/α-hetero) is 1. The van der Waals surface area contributed by atoms with Gasteiger partial charge in [-0.25, -0.2) is 0 Å². The standard InChI is InChI=1S/C16H17ClN2O/c1-16(2)7-14-13(15(20)8-16)9-18-19(14)10-11-3-5-12(17)6-4-11/h3-6,9H,7-8,10H2,1-2H3. The summed E-state index contributed by atoms with van der Waals surface area (Å²) in [5.74, 6) is 0.207. The van der Waals surface area contributed by atoms with Crippen molar-refractivity contribution in [2.75, 3.05) is 0 Å². The third-order valence-corrected chi connectivity index (χ3v) is 4.03. The number of benzene rings is 1. The Morgan fingerprint density at radius 2 is 1.95 bits per heavy atom. The number of hydrogen-bond acceptors (Lipinski definition) is 2. The Bertz CT molecular complexity index is 656. The summed E-state index contributed by atoms with van der Waals surface area (Å²) < 4.78 is 1.94. The van der Waals surface area contributed by atoms with Crippen molar-refractivity contribution in [1.82, 2.24) is 9.78 Å². The molecule has 0 spiro atoms. The van der Waals surface area contributed by atoms with Crippen LogP contribution in [0.2, 0.25) is 5.02 Å². The Kier molecular flexibility index (Phi) is 3.17. The molecule has 0 aliphatic heterocycles. The lowest BCUT2D eigenvalue weighted by molar-refractivity contribution is 0.0910. The van der Waals surface area contributed by atoms with Crippen molar-refractivity contribution in [2.45, 2.75) is 33.2 Å². The van der Waals surface area contributed by atoms with Gasteiger partial charge in [0.05, 0.1) is 24.0 Å². The summed E-state index contributed by atoms with van der Waals surface area (Å²) >= 11 is 5.90. The zero-order chi connectivity index (χ0) is 14.3. The molecule has 0 amide bonds. The molecule has 3 rings (SSSR count). The topological polar surface area (TPSA) is 34.9 Å². The molecule has 1 aliphatic rings. The van der Waals surface area contributed by atoms with Crippen LogP contribution < -0.4 is 0 Å². The number of halogens is 1. The smallest absolute Gasteiger partial charge is 0.166 e. The van der Waals surface area contributed by atoms with E-state index in [-0.39, 0.29) is 11.2 Å². The highest BCUT2D eigenvalue weighted by Gasteiger charge is 2.33. The van der Waals surface area contributed by atoms with Crippen LogP contribution in [0.15, 0.2) is 30.5 Å². The van der Waals surface area contributed by atoms with Gasteiger partial charge in [-0.05, 0) is 29.5 Å². The summed E-state index contributed by atoms with van der Waals surface area (Å²) in [7, 11) is 0. The van der Waals surface area contributed by atoms with Gasteiger partial charge in [-0.2, -0.15) is 5.10 Å². The van der Waals surface area contributed by atoms with Crippen molar-refractivity contribution < 1.29 is 4.79 Å². The second-order valence-corrected chi connectivity index (χ2v) is 6.67. The molecule has 0 saturated carbocycles. The van der Waals surface area contributed by atoms with Crippen molar-refractivity contribution in [1.29, 1.82) is 0 Å². The molecule has 0 radical (unpaired) electrons. The van der Waals surface area contributed by atoms with Crippen LogP contribution in [-0.2, 0) is 13.0 Å². The Balaban J connectivity index is 1.93. The SMILES string of the molecule is CC1(C)CC(=O)c2cnn(Cc3ccc(Cl)cc3)c2C1. The molecule has 20 heavy (non-hydrogen) atoms. The zero-order valence-electron chi connectivity index (χ0n) is 11.7. The normalized spacial score (nSPS) is 17.1. The summed E-state index contributed by atoms with van der Waals surface area (Å²) in [6, 6.07) is 7.74. The minimum atomic E-state index is 0.0157. The minimum absolute atomic E-state index is 0.0157. The maximum absolute atomic E-state index is 12.1. The van der Waals surface area contributed by atoms with Gasteiger partial charge in [-0.1, -0.05) is 37.6 Å². The summed E-state index contributed by atoms with van der Waals surface area (Å²) in [4.78, 5) is 12.1. The number of hydrogen-bond donors (Lipinski definition) is 0. The van der Waals surface area contributed by atoms with Gasteiger partial charge < -0.3 is 0 Å². The molecular formula is C16H17ClN2O. The van der Waals surface area contributed by atoms with Gasteiger partial charge >= 0.3 is 0 Å². The molecule has 1 aliphatic carbocycles. The molecule has 0 unspecified atom stereocenters. The lowest BCUT2D eigenvalue weighted by Crippen LogP contribution is -2.28. The molecule has 0 saturated heterocycles. The van der Waals surface area contributed by atoms with E-state index in [1.54, 1.807) is 6.20 Å². The van der Waals surface area contributed by atoms with E-state index in [9.17, 15) is 4.79 Å². The van der Waals surface area contributed by atoms with Gasteiger partial charge in [0.15, 0.2) is 5.78 Å². The predicted octanol–water partition coefficient (Wildman–Crippen LogP) is 3.74. The number of fused-ring (bicyclic) bond motifs is 1. The van der Waals surface area contributed by atoms with Crippen molar-refractivity contribution >= 4 is 17.4 Å². The molecule has 1 heterocycles. The second kappa shape index (κ2) is 4.74. The lowest BCUT2D eigenvalue weighted by Gasteiger charge is -2.28. The van der Waals surface area contributed by atoms with Crippen LogP contribution in [-0.4, -0.2) is 15.6 Å². The van der Waals surface area contributed by atoms with Gasteiger partial charge in [-0.3, -0.25) is 9.48 Å². The fourth-order valence-corrected chi connectivity index (χ4v) is 2.90. The number of nitrogens with zero attached hydrogens (tertiary/aromatic N) is 2. The molecule has 0 bridgehead atoms. The average Bonchev–Trinajstić information content (AvgIpc) is 2.74. The maximum Gasteiger partial charge on any atom is 0.166 e. The molecule has 0 N–H and O–H groups in total. The molecule has 104 valence electrons. The minimum Gasteiger partial charge on any atom is -0.294 e. The monoisotopic (exact) mass is 288 g/mol. The van der Waals surface area contributed by atoms with Crippen molar-refractivity contribution in [2.24, 2.45) is 5.41 Å². The number of carbonyl (C=O) groups excluding carboxylic acids is 1. The summed E-state index contributed by atoms with van der Waals surface area (Å²) in [6.07, 6.45) is 3.21. The lowest BCUT2D eigenvalue weighted by atomic mass is 9.76. The Labute approximate surface area is 123 Å². The summed E-state index contributed by atoms with van der Waals surface area (Å²) in [5, 5.41) is 5.12. The average molecular weight is 289 g/mol. The van der Waals surface area contributed by atoms with E-state index < -0.39 is 0 Å². The van der Waals surface area contributed by atoms with E-state index in [0.717, 1.165) is 28.3 Å². The Hall–Kier alpha value is -1.61. The molecular weight excluding hydrogens is 272 g/mol. The number of carbonyl (C=O) groups is 1. The fourth-order valence-electron chi connectivity index (χ4n) is 2.77. The van der Waals surface area contributed by atoms with Crippen molar-refractivity contribution in [3.8, 4) is 0 Å². The Morgan fingerprint density at radius 1 is 1.25 bits per heavy atom. The van der Waals surface area contributed by atoms with Crippen LogP contribution in [0.4, 0.5) is 0 Å². The summed E-state index contributed by atoms with van der Waals surface area (Å²) in [5.41, 5.74) is 3.00. The largest absolute Gasteiger partial charge is 0.294 e. The van der Waals surface area contributed by atoms with E-state index in [0.29, 0.717) is 13.0 Å². The van der Waals surface area contributed by atoms with Crippen LogP contribution >= 0.6 is 11.6 Å². The Morgan fingerprint density at radius 3 is 2.65 bits per heavy atom. The highest BCUT2D eigenvalue weighted by Crippen LogP contribution is 2.34. The van der Waals surface area contributed by atoms with Crippen LogP contribution in [0.3, 0.4) is 0 Å². The van der Waals surface area contributed by atoms with Gasteiger partial charge in [0.1, 0.15) is 0 Å². The first-order chi connectivity index (χ1) is 9.44. The molecule has 1 aromatic heterocycles. The van der Waals surface area contributed by atoms with Crippen LogP contribution in [0.1, 0.15) is 41.9 Å². The van der Waals surface area contributed by atoms with Crippen molar-refractivity contribution in [3.05, 3.63) is 52.3 Å². The number of rotatable bonds is 2. The van der Waals surface area contributed by atoms with Gasteiger partial charge in [-0.15, -0.1) is 0 Å². The highest BCUT2D eigenvalue weighted by molar-refractivity contribution is 6.30. The third-order valence-electron chi connectivity index (χ3n) is 3.78. The molecule has 0 fully saturated rings. The molecule has 2 aromatic rings. The molecule has 3 nitrogen and oxygen atoms in total. The van der Waals surface area contributed by atoms with E-state index in [1.807, 2.05) is 28.9 Å².